The summed E-state index contributed by atoms with van der Waals surface area (Å²) in [6, 6.07) is 2.60. The number of pyridine rings is 2. The number of alkyl halides is 6. The standard InChI is InChI=1S/C21H16F6N2O6/c1-34-17(30)12(18(31)35-2)6-9-8-29-15-10-4-3-5-28-16(10)13(19(32,33)21(25,26)27)7-11(15)14(9)20(22,23)24/h3-5,7-8,12,32-33H,6H2,1-2H3. The highest BCUT2D eigenvalue weighted by Gasteiger charge is 2.55. The van der Waals surface area contributed by atoms with E-state index in [9.17, 15) is 46.1 Å². The van der Waals surface area contributed by atoms with Crippen molar-refractivity contribution in [1.82, 2.24) is 9.97 Å². The quantitative estimate of drug-likeness (QED) is 0.178. The topological polar surface area (TPSA) is 119 Å². The minimum absolute atomic E-state index is 0.281. The van der Waals surface area contributed by atoms with Crippen molar-refractivity contribution < 1.29 is 55.6 Å². The number of hydrogen-bond donors (Lipinski definition) is 2. The van der Waals surface area contributed by atoms with E-state index in [4.69, 9.17) is 0 Å². The third-order valence-electron chi connectivity index (χ3n) is 5.25. The molecule has 8 nitrogen and oxygen atoms in total. The number of carbonyl (C=O) groups is 2. The van der Waals surface area contributed by atoms with E-state index < -0.39 is 75.5 Å². The second-order valence-corrected chi connectivity index (χ2v) is 7.35. The van der Waals surface area contributed by atoms with Crippen LogP contribution >= 0.6 is 0 Å². The number of rotatable bonds is 5. The Kier molecular flexibility index (Phi) is 6.65. The molecule has 0 aliphatic carbocycles. The molecule has 0 saturated heterocycles. The maximum Gasteiger partial charge on any atom is 0.447 e. The molecule has 0 amide bonds. The first kappa shape index (κ1) is 26.1. The third kappa shape index (κ3) is 4.58. The minimum atomic E-state index is -5.70. The SMILES string of the molecule is COC(=O)C(Cc1cnc2c(cc(C(O)(O)C(F)(F)F)c3ncccc32)c1C(F)(F)F)C(=O)OC. The molecular formula is C21H16F6N2O6. The average molecular weight is 506 g/mol. The number of fused-ring (bicyclic) bond motifs is 3. The number of aromatic nitrogens is 2. The molecule has 2 aromatic heterocycles. The summed E-state index contributed by atoms with van der Waals surface area (Å²) in [5.41, 5.74) is -4.73. The van der Waals surface area contributed by atoms with Crippen LogP contribution in [-0.2, 0) is 37.4 Å². The van der Waals surface area contributed by atoms with E-state index in [0.717, 1.165) is 26.5 Å². The molecule has 0 unspecified atom stereocenters. The molecule has 2 heterocycles. The Hall–Kier alpha value is -3.52. The second kappa shape index (κ2) is 8.92. The summed E-state index contributed by atoms with van der Waals surface area (Å²) in [6.45, 7) is 0. The molecule has 3 rings (SSSR count). The van der Waals surface area contributed by atoms with Gasteiger partial charge in [-0.2, -0.15) is 26.3 Å². The maximum atomic E-state index is 14.2. The summed E-state index contributed by atoms with van der Waals surface area (Å²) in [5.74, 6) is -8.82. The predicted molar refractivity (Wildman–Crippen MR) is 105 cm³/mol. The lowest BCUT2D eigenvalue weighted by atomic mass is 9.91. The molecule has 35 heavy (non-hydrogen) atoms. The van der Waals surface area contributed by atoms with Crippen LogP contribution in [0, 0.1) is 5.92 Å². The van der Waals surface area contributed by atoms with Crippen LogP contribution < -0.4 is 0 Å². The molecule has 188 valence electrons. The smallest absolute Gasteiger partial charge is 0.447 e. The first-order valence-corrected chi connectivity index (χ1v) is 9.59. The predicted octanol–water partition coefficient (Wildman–Crippen LogP) is 3.01. The number of ether oxygens (including phenoxy) is 2. The summed E-state index contributed by atoms with van der Waals surface area (Å²) >= 11 is 0. The van der Waals surface area contributed by atoms with Gasteiger partial charge in [0.2, 0.25) is 0 Å². The minimum Gasteiger partial charge on any atom is -0.468 e. The average Bonchev–Trinajstić information content (AvgIpc) is 2.78. The number of esters is 2. The highest BCUT2D eigenvalue weighted by molar-refractivity contribution is 6.07. The zero-order chi connectivity index (χ0) is 26.3. The van der Waals surface area contributed by atoms with Crippen molar-refractivity contribution in [2.75, 3.05) is 14.2 Å². The van der Waals surface area contributed by atoms with Crippen molar-refractivity contribution in [3.8, 4) is 0 Å². The Labute approximate surface area is 192 Å². The molecule has 0 aliphatic heterocycles. The molecule has 3 aromatic rings. The Morgan fingerprint density at radius 1 is 0.971 bits per heavy atom. The molecule has 0 radical (unpaired) electrons. The zero-order valence-electron chi connectivity index (χ0n) is 17.9. The fourth-order valence-electron chi connectivity index (χ4n) is 3.62. The third-order valence-corrected chi connectivity index (χ3v) is 5.25. The first-order valence-electron chi connectivity index (χ1n) is 9.59. The van der Waals surface area contributed by atoms with Crippen molar-refractivity contribution in [3.63, 3.8) is 0 Å². The van der Waals surface area contributed by atoms with Gasteiger partial charge in [0, 0.05) is 28.7 Å². The van der Waals surface area contributed by atoms with E-state index in [1.54, 1.807) is 0 Å². The van der Waals surface area contributed by atoms with Crippen molar-refractivity contribution in [3.05, 3.63) is 47.3 Å². The fraction of sp³-hybridized carbons (Fsp3) is 0.333. The second-order valence-electron chi connectivity index (χ2n) is 7.35. The van der Waals surface area contributed by atoms with Crippen molar-refractivity contribution in [2.24, 2.45) is 5.92 Å². The van der Waals surface area contributed by atoms with E-state index in [1.165, 1.54) is 6.07 Å². The van der Waals surface area contributed by atoms with Gasteiger partial charge in [0.25, 0.3) is 5.79 Å². The van der Waals surface area contributed by atoms with Gasteiger partial charge in [0.05, 0.1) is 30.8 Å². The number of methoxy groups -OCH3 is 2. The van der Waals surface area contributed by atoms with Gasteiger partial charge in [-0.1, -0.05) is 0 Å². The van der Waals surface area contributed by atoms with E-state index >= 15 is 0 Å². The molecule has 0 aliphatic rings. The Morgan fingerprint density at radius 2 is 1.57 bits per heavy atom. The number of aliphatic hydroxyl groups is 2. The molecule has 1 aromatic carbocycles. The van der Waals surface area contributed by atoms with Crippen molar-refractivity contribution in [1.29, 1.82) is 0 Å². The maximum absolute atomic E-state index is 14.2. The van der Waals surface area contributed by atoms with E-state index in [2.05, 4.69) is 19.4 Å². The molecule has 0 atom stereocenters. The first-order chi connectivity index (χ1) is 16.1. The van der Waals surface area contributed by atoms with Crippen LogP contribution in [0.5, 0.6) is 0 Å². The molecule has 2 N–H and O–H groups in total. The van der Waals surface area contributed by atoms with Crippen LogP contribution in [0.2, 0.25) is 0 Å². The largest absolute Gasteiger partial charge is 0.468 e. The van der Waals surface area contributed by atoms with Crippen LogP contribution in [0.1, 0.15) is 16.7 Å². The van der Waals surface area contributed by atoms with Gasteiger partial charge in [-0.05, 0) is 30.2 Å². The van der Waals surface area contributed by atoms with Crippen LogP contribution in [0.25, 0.3) is 21.8 Å². The number of hydrogen-bond acceptors (Lipinski definition) is 8. The Morgan fingerprint density at radius 3 is 2.09 bits per heavy atom. The van der Waals surface area contributed by atoms with E-state index in [0.29, 0.717) is 6.20 Å². The molecule has 0 fully saturated rings. The molecule has 0 spiro atoms. The highest BCUT2D eigenvalue weighted by atomic mass is 19.4. The molecular weight excluding hydrogens is 490 g/mol. The van der Waals surface area contributed by atoms with E-state index in [-0.39, 0.29) is 11.5 Å². The molecule has 14 heteroatoms. The lowest BCUT2D eigenvalue weighted by molar-refractivity contribution is -0.357. The monoisotopic (exact) mass is 506 g/mol. The summed E-state index contributed by atoms with van der Waals surface area (Å²) in [4.78, 5) is 31.6. The van der Waals surface area contributed by atoms with Crippen LogP contribution in [0.4, 0.5) is 26.3 Å². The lowest BCUT2D eigenvalue weighted by Gasteiger charge is -2.27. The summed E-state index contributed by atoms with van der Waals surface area (Å²) in [5, 5.41) is 18.5. The van der Waals surface area contributed by atoms with Crippen molar-refractivity contribution >= 4 is 33.7 Å². The highest BCUT2D eigenvalue weighted by Crippen LogP contribution is 2.44. The summed E-state index contributed by atoms with van der Waals surface area (Å²) < 4.78 is 91.8. The van der Waals surface area contributed by atoms with Crippen LogP contribution in [-0.4, -0.2) is 52.5 Å². The molecule has 0 bridgehead atoms. The Bertz CT molecular complexity index is 1290. The van der Waals surface area contributed by atoms with Gasteiger partial charge < -0.3 is 19.7 Å². The zero-order valence-corrected chi connectivity index (χ0v) is 17.9. The van der Waals surface area contributed by atoms with Gasteiger partial charge in [-0.3, -0.25) is 19.6 Å². The van der Waals surface area contributed by atoms with Crippen LogP contribution in [0.3, 0.4) is 0 Å². The van der Waals surface area contributed by atoms with Gasteiger partial charge in [0.1, 0.15) is 0 Å². The number of halogens is 6. The van der Waals surface area contributed by atoms with Crippen molar-refractivity contribution in [2.45, 2.75) is 24.6 Å². The van der Waals surface area contributed by atoms with Gasteiger partial charge in [-0.25, -0.2) is 0 Å². The van der Waals surface area contributed by atoms with Gasteiger partial charge in [-0.15, -0.1) is 0 Å². The normalized spacial score (nSPS) is 12.9. The number of carbonyl (C=O) groups excluding carboxylic acids is 2. The summed E-state index contributed by atoms with van der Waals surface area (Å²) in [6.07, 6.45) is -10.1. The van der Waals surface area contributed by atoms with Gasteiger partial charge in [0.15, 0.2) is 5.92 Å². The summed E-state index contributed by atoms with van der Waals surface area (Å²) in [7, 11) is 1.79. The number of benzene rings is 1. The number of nitrogens with zero attached hydrogens (tertiary/aromatic N) is 2. The lowest BCUT2D eigenvalue weighted by Crippen LogP contribution is -2.42. The van der Waals surface area contributed by atoms with Crippen LogP contribution in [0.15, 0.2) is 30.6 Å². The Balaban J connectivity index is 2.44. The van der Waals surface area contributed by atoms with E-state index in [1.807, 2.05) is 0 Å². The van der Waals surface area contributed by atoms with Gasteiger partial charge >= 0.3 is 24.3 Å². The fourth-order valence-corrected chi connectivity index (χ4v) is 3.62. The molecule has 0 saturated carbocycles.